The van der Waals surface area contributed by atoms with Gasteiger partial charge in [-0.1, -0.05) is 6.07 Å². The molecule has 1 fully saturated rings. The van der Waals surface area contributed by atoms with Crippen LogP contribution in [-0.4, -0.2) is 14.5 Å². The Morgan fingerprint density at radius 3 is 2.65 bits per heavy atom. The third kappa shape index (κ3) is 1.47. The average molecular weight is 249 g/mol. The molecule has 0 saturated heterocycles. The van der Waals surface area contributed by atoms with Crippen LogP contribution in [0.5, 0.6) is 0 Å². The minimum absolute atomic E-state index is 0.0786. The maximum Gasteiger partial charge on any atom is 0.200 e. The second-order valence-electron chi connectivity index (χ2n) is 5.05. The number of benzene rings is 1. The molecular formula is C13H15NO2S. The van der Waals surface area contributed by atoms with Crippen LogP contribution in [0.2, 0.25) is 0 Å². The molecule has 1 aliphatic carbocycles. The lowest BCUT2D eigenvalue weighted by Gasteiger charge is -2.20. The molecule has 0 amide bonds. The Hall–Kier alpha value is -1.13. The predicted octanol–water partition coefficient (Wildman–Crippen LogP) is 1.82. The monoisotopic (exact) mass is 249 g/mol. The lowest BCUT2D eigenvalue weighted by molar-refractivity contribution is 0.556. The third-order valence-corrected chi connectivity index (χ3v) is 5.46. The number of hydrogen-bond acceptors (Lipinski definition) is 3. The van der Waals surface area contributed by atoms with Crippen molar-refractivity contribution in [3.8, 4) is 0 Å². The van der Waals surface area contributed by atoms with Crippen molar-refractivity contribution < 1.29 is 8.42 Å². The summed E-state index contributed by atoms with van der Waals surface area (Å²) in [6.07, 6.45) is 3.87. The van der Waals surface area contributed by atoms with Gasteiger partial charge in [-0.3, -0.25) is 0 Å². The van der Waals surface area contributed by atoms with Gasteiger partial charge in [0.15, 0.2) is 9.84 Å². The molecule has 2 aliphatic rings. The topological polar surface area (TPSA) is 60.2 Å². The Morgan fingerprint density at radius 2 is 2.06 bits per heavy atom. The molecule has 4 heteroatoms. The first-order valence-electron chi connectivity index (χ1n) is 5.79. The second kappa shape index (κ2) is 3.21. The van der Waals surface area contributed by atoms with E-state index in [1.807, 2.05) is 19.1 Å². The van der Waals surface area contributed by atoms with Crippen LogP contribution in [0.3, 0.4) is 0 Å². The first-order chi connectivity index (χ1) is 7.96. The number of hydrogen-bond donors (Lipinski definition) is 1. The average Bonchev–Trinajstić information content (AvgIpc) is 3.02. The van der Waals surface area contributed by atoms with Crippen molar-refractivity contribution in [1.82, 2.24) is 0 Å². The van der Waals surface area contributed by atoms with Crippen molar-refractivity contribution in [2.75, 3.05) is 0 Å². The van der Waals surface area contributed by atoms with Gasteiger partial charge < -0.3 is 5.73 Å². The summed E-state index contributed by atoms with van der Waals surface area (Å²) < 4.78 is 23.3. The molecule has 17 heavy (non-hydrogen) atoms. The van der Waals surface area contributed by atoms with E-state index in [4.69, 9.17) is 5.73 Å². The summed E-state index contributed by atoms with van der Waals surface area (Å²) in [5.41, 5.74) is 8.08. The first kappa shape index (κ1) is 11.0. The fraction of sp³-hybridized carbons (Fsp3) is 0.385. The highest BCUT2D eigenvalue weighted by atomic mass is 32.2. The van der Waals surface area contributed by atoms with Gasteiger partial charge in [0.1, 0.15) is 0 Å². The minimum atomic E-state index is -3.18. The van der Waals surface area contributed by atoms with Gasteiger partial charge in [-0.05, 0) is 49.1 Å². The van der Waals surface area contributed by atoms with E-state index in [0.717, 1.165) is 18.4 Å². The van der Waals surface area contributed by atoms with E-state index in [2.05, 4.69) is 0 Å². The lowest BCUT2D eigenvalue weighted by Crippen LogP contribution is -2.31. The fourth-order valence-corrected chi connectivity index (χ4v) is 3.81. The van der Waals surface area contributed by atoms with Crippen molar-refractivity contribution in [2.24, 2.45) is 5.73 Å². The van der Waals surface area contributed by atoms with Gasteiger partial charge in [0.25, 0.3) is 0 Å². The van der Waals surface area contributed by atoms with Gasteiger partial charge >= 0.3 is 0 Å². The molecule has 1 unspecified atom stereocenters. The second-order valence-corrected chi connectivity index (χ2v) is 6.85. The van der Waals surface area contributed by atoms with Crippen LogP contribution in [0.4, 0.5) is 0 Å². The van der Waals surface area contributed by atoms with E-state index in [-0.39, 0.29) is 11.5 Å². The molecule has 1 heterocycles. The third-order valence-electron chi connectivity index (χ3n) is 3.98. The summed E-state index contributed by atoms with van der Waals surface area (Å²) in [6.45, 7) is 2.02. The summed E-state index contributed by atoms with van der Waals surface area (Å²) >= 11 is 0. The van der Waals surface area contributed by atoms with E-state index in [0.29, 0.717) is 4.90 Å². The first-order valence-corrected chi connectivity index (χ1v) is 7.34. The molecule has 1 atom stereocenters. The van der Waals surface area contributed by atoms with Crippen LogP contribution in [0.1, 0.15) is 30.9 Å². The van der Waals surface area contributed by atoms with E-state index < -0.39 is 9.84 Å². The largest absolute Gasteiger partial charge is 0.327 e. The Labute approximate surface area is 101 Å². The van der Waals surface area contributed by atoms with Crippen LogP contribution in [-0.2, 0) is 15.3 Å². The van der Waals surface area contributed by atoms with Crippen LogP contribution < -0.4 is 5.73 Å². The molecule has 1 aliphatic heterocycles. The van der Waals surface area contributed by atoms with Gasteiger partial charge in [0.05, 0.1) is 4.90 Å². The van der Waals surface area contributed by atoms with Gasteiger partial charge in [-0.15, -0.1) is 0 Å². The van der Waals surface area contributed by atoms with Crippen LogP contribution in [0.15, 0.2) is 28.5 Å². The molecule has 1 aromatic rings. The van der Waals surface area contributed by atoms with Crippen molar-refractivity contribution >= 4 is 15.9 Å². The molecule has 90 valence electrons. The molecule has 1 aromatic carbocycles. The highest BCUT2D eigenvalue weighted by Crippen LogP contribution is 2.51. The van der Waals surface area contributed by atoms with Crippen LogP contribution in [0.25, 0.3) is 6.08 Å². The van der Waals surface area contributed by atoms with Gasteiger partial charge in [-0.2, -0.15) is 0 Å². The van der Waals surface area contributed by atoms with E-state index in [1.165, 1.54) is 11.0 Å². The molecule has 3 nitrogen and oxygen atoms in total. The Bertz CT molecular complexity index is 610. The highest BCUT2D eigenvalue weighted by molar-refractivity contribution is 7.94. The zero-order valence-corrected chi connectivity index (χ0v) is 10.5. The van der Waals surface area contributed by atoms with Crippen molar-refractivity contribution in [3.63, 3.8) is 0 Å². The number of nitrogens with two attached hydrogens (primary N) is 1. The van der Waals surface area contributed by atoms with Crippen molar-refractivity contribution in [1.29, 1.82) is 0 Å². The molecule has 3 rings (SSSR count). The molecule has 0 aromatic heterocycles. The summed E-state index contributed by atoms with van der Waals surface area (Å²) in [6, 6.07) is 5.72. The quantitative estimate of drug-likeness (QED) is 0.869. The lowest BCUT2D eigenvalue weighted by atomic mass is 9.88. The Balaban J connectivity index is 2.11. The molecule has 2 N–H and O–H groups in total. The zero-order valence-electron chi connectivity index (χ0n) is 9.68. The molecule has 0 radical (unpaired) electrons. The normalized spacial score (nSPS) is 24.4. The highest BCUT2D eigenvalue weighted by Gasteiger charge is 2.47. The summed E-state index contributed by atoms with van der Waals surface area (Å²) in [7, 11) is -3.18. The smallest absolute Gasteiger partial charge is 0.200 e. The standard InChI is InChI=1S/C13H15NO2S/c1-9(14)13(5-6-13)11-2-3-12-10(8-11)4-7-17(12,15)16/h2-4,7-9H,5-6,14H2,1H3. The SMILES string of the molecule is CC(N)C1(c2ccc3c(c2)C=CS3(=O)=O)CC1. The number of rotatable bonds is 2. The van der Waals surface area contributed by atoms with Gasteiger partial charge in [0, 0.05) is 16.9 Å². The predicted molar refractivity (Wildman–Crippen MR) is 67.2 cm³/mol. The van der Waals surface area contributed by atoms with Crippen molar-refractivity contribution in [2.45, 2.75) is 36.1 Å². The molecule has 0 spiro atoms. The Morgan fingerprint density at radius 1 is 1.35 bits per heavy atom. The number of fused-ring (bicyclic) bond motifs is 1. The summed E-state index contributed by atoms with van der Waals surface area (Å²) in [5.74, 6) is 0. The van der Waals surface area contributed by atoms with Crippen LogP contribution in [0, 0.1) is 0 Å². The summed E-state index contributed by atoms with van der Waals surface area (Å²) in [5, 5.41) is 1.27. The Kier molecular flexibility index (Phi) is 2.07. The van der Waals surface area contributed by atoms with E-state index in [1.54, 1.807) is 12.1 Å². The van der Waals surface area contributed by atoms with Gasteiger partial charge in [-0.25, -0.2) is 8.42 Å². The summed E-state index contributed by atoms with van der Waals surface area (Å²) in [4.78, 5) is 0.418. The van der Waals surface area contributed by atoms with Gasteiger partial charge in [0.2, 0.25) is 0 Å². The van der Waals surface area contributed by atoms with Crippen LogP contribution >= 0.6 is 0 Å². The molecule has 0 bridgehead atoms. The van der Waals surface area contributed by atoms with Crippen molar-refractivity contribution in [3.05, 3.63) is 34.7 Å². The zero-order chi connectivity index (χ0) is 12.3. The minimum Gasteiger partial charge on any atom is -0.327 e. The maximum atomic E-state index is 11.7. The maximum absolute atomic E-state index is 11.7. The molecule has 1 saturated carbocycles. The van der Waals surface area contributed by atoms with E-state index in [9.17, 15) is 8.42 Å². The van der Waals surface area contributed by atoms with E-state index >= 15 is 0 Å². The number of sulfone groups is 1. The fourth-order valence-electron chi connectivity index (χ4n) is 2.63. The molecular weight excluding hydrogens is 234 g/mol.